The molecule has 0 aromatic rings. The number of rotatable bonds is 0. The molecule has 3 atom stereocenters. The van der Waals surface area contributed by atoms with Crippen LogP contribution in [0.1, 0.15) is 19.8 Å². The van der Waals surface area contributed by atoms with E-state index in [1.54, 1.807) is 0 Å². The van der Waals surface area contributed by atoms with Crippen LogP contribution in [-0.4, -0.2) is 11.2 Å². The molecule has 0 aliphatic heterocycles. The van der Waals surface area contributed by atoms with Gasteiger partial charge in [-0.05, 0) is 18.8 Å². The molecule has 1 fully saturated rings. The minimum Gasteiger partial charge on any atom is -0.392 e. The Morgan fingerprint density at radius 3 is 2.44 bits per heavy atom. The Morgan fingerprint density at radius 1 is 1.56 bits per heavy atom. The Kier molecular flexibility index (Phi) is 1.73. The third kappa shape index (κ3) is 1.22. The highest BCUT2D eigenvalue weighted by Crippen LogP contribution is 2.29. The molecule has 0 unspecified atom stereocenters. The van der Waals surface area contributed by atoms with Crippen LogP contribution in [0.2, 0.25) is 0 Å². The van der Waals surface area contributed by atoms with Crippen LogP contribution in [-0.2, 0) is 0 Å². The van der Waals surface area contributed by atoms with Crippen LogP contribution in [0.3, 0.4) is 0 Å². The predicted molar refractivity (Wildman–Crippen MR) is 33.5 cm³/mol. The first-order valence-corrected chi connectivity index (χ1v) is 3.31. The largest absolute Gasteiger partial charge is 0.392 e. The summed E-state index contributed by atoms with van der Waals surface area (Å²) in [6.07, 6.45) is 1.32. The fraction of sp³-hybridized carbons (Fsp3) is 0.857. The van der Waals surface area contributed by atoms with Gasteiger partial charge in [-0.15, -0.1) is 0 Å². The van der Waals surface area contributed by atoms with Gasteiger partial charge in [0.25, 0.3) is 0 Å². The highest BCUT2D eigenvalue weighted by atomic mass is 16.3. The lowest BCUT2D eigenvalue weighted by Gasteiger charge is -2.01. The minimum atomic E-state index is -0.356. The molecule has 0 aromatic heterocycles. The lowest BCUT2D eigenvalue weighted by Crippen LogP contribution is -2.09. The average molecular weight is 125 g/mol. The van der Waals surface area contributed by atoms with Gasteiger partial charge >= 0.3 is 0 Å². The molecular formula is C7H11NO. The molecule has 0 bridgehead atoms. The van der Waals surface area contributed by atoms with Gasteiger partial charge in [-0.3, -0.25) is 0 Å². The Bertz CT molecular complexity index is 138. The molecule has 0 amide bonds. The smallest absolute Gasteiger partial charge is 0.0725 e. The first kappa shape index (κ1) is 6.57. The van der Waals surface area contributed by atoms with E-state index in [-0.39, 0.29) is 12.0 Å². The maximum absolute atomic E-state index is 9.14. The molecule has 0 saturated heterocycles. The first-order chi connectivity index (χ1) is 4.24. The third-order valence-electron chi connectivity index (χ3n) is 1.93. The number of hydrogen-bond acceptors (Lipinski definition) is 2. The van der Waals surface area contributed by atoms with Gasteiger partial charge in [0.1, 0.15) is 0 Å². The standard InChI is InChI=1S/C7H11NO/c1-5-2-6(4-8)7(9)3-5/h5-7,9H,2-3H2,1H3/t5-,6-,7-/m1/s1. The summed E-state index contributed by atoms with van der Waals surface area (Å²) in [7, 11) is 0. The van der Waals surface area contributed by atoms with Gasteiger partial charge in [-0.2, -0.15) is 5.26 Å². The van der Waals surface area contributed by atoms with Crippen LogP contribution >= 0.6 is 0 Å². The van der Waals surface area contributed by atoms with E-state index in [1.807, 2.05) is 0 Å². The molecule has 1 aliphatic rings. The monoisotopic (exact) mass is 125 g/mol. The van der Waals surface area contributed by atoms with Gasteiger partial charge in [0.2, 0.25) is 0 Å². The molecule has 2 nitrogen and oxygen atoms in total. The zero-order chi connectivity index (χ0) is 6.85. The van der Waals surface area contributed by atoms with E-state index >= 15 is 0 Å². The highest BCUT2D eigenvalue weighted by Gasteiger charge is 2.29. The lowest BCUT2D eigenvalue weighted by atomic mass is 10.1. The van der Waals surface area contributed by atoms with Crippen LogP contribution in [0.25, 0.3) is 0 Å². The van der Waals surface area contributed by atoms with Crippen LogP contribution in [0.5, 0.6) is 0 Å². The molecule has 1 aliphatic carbocycles. The Morgan fingerprint density at radius 2 is 2.22 bits per heavy atom. The zero-order valence-electron chi connectivity index (χ0n) is 5.54. The van der Waals surface area contributed by atoms with Gasteiger partial charge in [0.05, 0.1) is 18.1 Å². The molecular weight excluding hydrogens is 114 g/mol. The molecule has 1 rings (SSSR count). The summed E-state index contributed by atoms with van der Waals surface area (Å²) in [4.78, 5) is 0. The van der Waals surface area contributed by atoms with Crippen LogP contribution in [0.15, 0.2) is 0 Å². The van der Waals surface area contributed by atoms with Crippen LogP contribution in [0, 0.1) is 23.2 Å². The fourth-order valence-corrected chi connectivity index (χ4v) is 1.40. The molecule has 50 valence electrons. The van der Waals surface area contributed by atoms with E-state index in [0.29, 0.717) is 5.92 Å². The lowest BCUT2D eigenvalue weighted by molar-refractivity contribution is 0.153. The van der Waals surface area contributed by atoms with E-state index in [1.165, 1.54) is 0 Å². The summed E-state index contributed by atoms with van der Waals surface area (Å²) in [5, 5.41) is 17.6. The molecule has 0 aromatic carbocycles. The van der Waals surface area contributed by atoms with Gasteiger partial charge in [0, 0.05) is 0 Å². The molecule has 2 heteroatoms. The predicted octanol–water partition coefficient (Wildman–Crippen LogP) is 0.917. The average Bonchev–Trinajstić information content (AvgIpc) is 2.10. The summed E-state index contributed by atoms with van der Waals surface area (Å²) < 4.78 is 0. The second-order valence-electron chi connectivity index (χ2n) is 2.88. The molecule has 1 N–H and O–H groups in total. The Labute approximate surface area is 55.1 Å². The number of hydrogen-bond donors (Lipinski definition) is 1. The molecule has 0 spiro atoms. The molecule has 0 radical (unpaired) electrons. The van der Waals surface area contributed by atoms with Crippen molar-refractivity contribution in [3.05, 3.63) is 0 Å². The summed E-state index contributed by atoms with van der Waals surface area (Å²) in [6, 6.07) is 2.09. The van der Waals surface area contributed by atoms with Crippen molar-refractivity contribution < 1.29 is 5.11 Å². The van der Waals surface area contributed by atoms with Crippen molar-refractivity contribution in [3.63, 3.8) is 0 Å². The quantitative estimate of drug-likeness (QED) is 0.523. The van der Waals surface area contributed by atoms with Gasteiger partial charge in [-0.1, -0.05) is 6.92 Å². The molecule has 0 heterocycles. The van der Waals surface area contributed by atoms with Gasteiger partial charge in [-0.25, -0.2) is 0 Å². The van der Waals surface area contributed by atoms with E-state index in [4.69, 9.17) is 10.4 Å². The summed E-state index contributed by atoms with van der Waals surface area (Å²) in [6.45, 7) is 2.07. The number of nitrogens with zero attached hydrogens (tertiary/aromatic N) is 1. The highest BCUT2D eigenvalue weighted by molar-refractivity contribution is 4.94. The van der Waals surface area contributed by atoms with Crippen molar-refractivity contribution in [2.45, 2.75) is 25.9 Å². The van der Waals surface area contributed by atoms with E-state index in [9.17, 15) is 0 Å². The van der Waals surface area contributed by atoms with Crippen molar-refractivity contribution in [1.29, 1.82) is 5.26 Å². The van der Waals surface area contributed by atoms with Crippen molar-refractivity contribution >= 4 is 0 Å². The number of nitriles is 1. The van der Waals surface area contributed by atoms with Crippen molar-refractivity contribution in [3.8, 4) is 6.07 Å². The van der Waals surface area contributed by atoms with Crippen molar-refractivity contribution in [2.75, 3.05) is 0 Å². The van der Waals surface area contributed by atoms with E-state index in [2.05, 4.69) is 13.0 Å². The molecule has 1 saturated carbocycles. The van der Waals surface area contributed by atoms with E-state index < -0.39 is 0 Å². The van der Waals surface area contributed by atoms with Gasteiger partial charge in [0.15, 0.2) is 0 Å². The molecule has 9 heavy (non-hydrogen) atoms. The second-order valence-corrected chi connectivity index (χ2v) is 2.88. The minimum absolute atomic E-state index is 0.0972. The maximum atomic E-state index is 9.14. The Hall–Kier alpha value is -0.550. The maximum Gasteiger partial charge on any atom is 0.0725 e. The second kappa shape index (κ2) is 2.36. The summed E-state index contributed by atoms with van der Waals surface area (Å²) in [5.41, 5.74) is 0. The fourth-order valence-electron chi connectivity index (χ4n) is 1.40. The summed E-state index contributed by atoms with van der Waals surface area (Å²) >= 11 is 0. The summed E-state index contributed by atoms with van der Waals surface area (Å²) in [5.74, 6) is 0.435. The normalized spacial score (nSPS) is 42.6. The van der Waals surface area contributed by atoms with E-state index in [0.717, 1.165) is 12.8 Å². The topological polar surface area (TPSA) is 44.0 Å². The third-order valence-corrected chi connectivity index (χ3v) is 1.93. The first-order valence-electron chi connectivity index (χ1n) is 3.31. The van der Waals surface area contributed by atoms with Crippen LogP contribution < -0.4 is 0 Å². The van der Waals surface area contributed by atoms with Crippen LogP contribution in [0.4, 0.5) is 0 Å². The van der Waals surface area contributed by atoms with Crippen molar-refractivity contribution in [2.24, 2.45) is 11.8 Å². The van der Waals surface area contributed by atoms with Crippen molar-refractivity contribution in [1.82, 2.24) is 0 Å². The number of aliphatic hydroxyl groups excluding tert-OH is 1. The Balaban J connectivity index is 2.50. The van der Waals surface area contributed by atoms with Gasteiger partial charge < -0.3 is 5.11 Å². The zero-order valence-corrected chi connectivity index (χ0v) is 5.54. The SMILES string of the molecule is C[C@H]1C[C@@H](O)[C@@H](C#N)C1. The number of aliphatic hydroxyl groups is 1.